The molecule has 0 atom stereocenters. The minimum Gasteiger partial charge on any atom is -0.380 e. The summed E-state index contributed by atoms with van der Waals surface area (Å²) in [5.74, 6) is 11.1. The number of methoxy groups -OCH3 is 1. The van der Waals surface area contributed by atoms with Crippen molar-refractivity contribution in [3.63, 3.8) is 0 Å². The minimum atomic E-state index is -0.513. The van der Waals surface area contributed by atoms with E-state index in [9.17, 15) is 4.79 Å². The number of halogens is 1. The molecule has 1 aromatic carbocycles. The first-order valence-electron chi connectivity index (χ1n) is 4.82. The van der Waals surface area contributed by atoms with Gasteiger partial charge >= 0.3 is 6.03 Å². The zero-order valence-electron chi connectivity index (χ0n) is 9.68. The summed E-state index contributed by atoms with van der Waals surface area (Å²) in [6.45, 7) is 0.339. The zero-order valence-corrected chi connectivity index (χ0v) is 11.3. The van der Waals surface area contributed by atoms with E-state index < -0.39 is 6.03 Å². The first kappa shape index (κ1) is 13.9. The number of hydrogen-bond acceptors (Lipinski definition) is 4. The molecule has 94 valence electrons. The van der Waals surface area contributed by atoms with E-state index in [-0.39, 0.29) is 0 Å². The Morgan fingerprint density at radius 2 is 2.12 bits per heavy atom. The van der Waals surface area contributed by atoms with Crippen LogP contribution in [0.3, 0.4) is 0 Å². The van der Waals surface area contributed by atoms with Gasteiger partial charge in [-0.25, -0.2) is 21.5 Å². The van der Waals surface area contributed by atoms with Crippen molar-refractivity contribution in [2.24, 2.45) is 11.7 Å². The monoisotopic (exact) mass is 302 g/mol. The minimum absolute atomic E-state index is 0.339. The number of urea groups is 1. The van der Waals surface area contributed by atoms with Crippen molar-refractivity contribution in [1.29, 1.82) is 0 Å². The molecule has 4 N–H and O–H groups in total. The maximum Gasteiger partial charge on any atom is 0.352 e. The van der Waals surface area contributed by atoms with Crippen LogP contribution in [-0.2, 0) is 11.3 Å². The van der Waals surface area contributed by atoms with Crippen LogP contribution in [0, 0.1) is 0 Å². The van der Waals surface area contributed by atoms with Crippen molar-refractivity contribution in [2.45, 2.75) is 6.61 Å². The summed E-state index contributed by atoms with van der Waals surface area (Å²) < 4.78 is 5.89. The van der Waals surface area contributed by atoms with Crippen LogP contribution < -0.4 is 16.7 Å². The molecular weight excluding hydrogens is 288 g/mol. The molecule has 0 aliphatic heterocycles. The standard InChI is InChI=1S/C10H15BrN4O2/c1-14(12)10(16)15(13)9-5-3-4-8(11)7(9)6-17-2/h3-5H,6,12-13H2,1-2H3. The highest BCUT2D eigenvalue weighted by atomic mass is 79.9. The van der Waals surface area contributed by atoms with Crippen molar-refractivity contribution in [1.82, 2.24) is 5.01 Å². The summed E-state index contributed by atoms with van der Waals surface area (Å²) in [7, 11) is 3.00. The third-order valence-corrected chi connectivity index (χ3v) is 2.89. The molecule has 2 amide bonds. The molecule has 0 radical (unpaired) electrons. The molecule has 7 heteroatoms. The van der Waals surface area contributed by atoms with E-state index in [1.54, 1.807) is 19.2 Å². The van der Waals surface area contributed by atoms with Gasteiger partial charge in [-0.2, -0.15) is 0 Å². The predicted molar refractivity (Wildman–Crippen MR) is 68.9 cm³/mol. The van der Waals surface area contributed by atoms with Gasteiger partial charge in [-0.15, -0.1) is 0 Å². The Kier molecular flexibility index (Phi) is 4.88. The molecule has 0 aromatic heterocycles. The molecule has 0 saturated carbocycles. The van der Waals surface area contributed by atoms with Crippen LogP contribution in [0.2, 0.25) is 0 Å². The Morgan fingerprint density at radius 3 is 2.65 bits per heavy atom. The first-order chi connectivity index (χ1) is 7.99. The van der Waals surface area contributed by atoms with Crippen LogP contribution in [0.25, 0.3) is 0 Å². The highest BCUT2D eigenvalue weighted by Gasteiger charge is 2.18. The van der Waals surface area contributed by atoms with Gasteiger partial charge in [0.2, 0.25) is 0 Å². The van der Waals surface area contributed by atoms with Gasteiger partial charge in [-0.3, -0.25) is 5.01 Å². The van der Waals surface area contributed by atoms with Crippen molar-refractivity contribution >= 4 is 27.6 Å². The Bertz CT molecular complexity index is 411. The second kappa shape index (κ2) is 5.97. The summed E-state index contributed by atoms with van der Waals surface area (Å²) in [6, 6.07) is 4.84. The van der Waals surface area contributed by atoms with E-state index in [4.69, 9.17) is 16.4 Å². The Morgan fingerprint density at radius 1 is 1.47 bits per heavy atom. The maximum absolute atomic E-state index is 11.7. The van der Waals surface area contributed by atoms with Gasteiger partial charge in [0.25, 0.3) is 0 Å². The van der Waals surface area contributed by atoms with Crippen molar-refractivity contribution < 1.29 is 9.53 Å². The molecule has 0 unspecified atom stereocenters. The van der Waals surface area contributed by atoms with Gasteiger partial charge < -0.3 is 4.74 Å². The lowest BCUT2D eigenvalue weighted by molar-refractivity contribution is 0.184. The molecule has 0 saturated heterocycles. The summed E-state index contributed by atoms with van der Waals surface area (Å²) >= 11 is 3.38. The zero-order chi connectivity index (χ0) is 13.0. The predicted octanol–water partition coefficient (Wildman–Crippen LogP) is 1.20. The van der Waals surface area contributed by atoms with Gasteiger partial charge in [0.15, 0.2) is 0 Å². The topological polar surface area (TPSA) is 84.8 Å². The van der Waals surface area contributed by atoms with Gasteiger partial charge in [-0.1, -0.05) is 22.0 Å². The van der Waals surface area contributed by atoms with E-state index >= 15 is 0 Å². The Hall–Kier alpha value is -1.15. The van der Waals surface area contributed by atoms with Crippen molar-refractivity contribution in [2.75, 3.05) is 19.2 Å². The third kappa shape index (κ3) is 3.16. The number of nitrogens with zero attached hydrogens (tertiary/aromatic N) is 2. The number of hydrazine groups is 2. The molecule has 6 nitrogen and oxygen atoms in total. The summed E-state index contributed by atoms with van der Waals surface area (Å²) in [6.07, 6.45) is 0. The van der Waals surface area contributed by atoms with Gasteiger partial charge in [-0.05, 0) is 12.1 Å². The Labute approximate surface area is 108 Å². The number of hydrogen-bond donors (Lipinski definition) is 2. The fourth-order valence-corrected chi connectivity index (χ4v) is 1.80. The lowest BCUT2D eigenvalue weighted by Crippen LogP contribution is -2.49. The van der Waals surface area contributed by atoms with Crippen LogP contribution in [-0.4, -0.2) is 25.2 Å². The number of carbonyl (C=O) groups is 1. The van der Waals surface area contributed by atoms with Gasteiger partial charge in [0.1, 0.15) is 0 Å². The molecule has 17 heavy (non-hydrogen) atoms. The van der Waals surface area contributed by atoms with E-state index in [1.807, 2.05) is 6.07 Å². The normalized spacial score (nSPS) is 10.2. The number of anilines is 1. The quantitative estimate of drug-likeness (QED) is 0.499. The van der Waals surface area contributed by atoms with E-state index in [0.29, 0.717) is 12.3 Å². The van der Waals surface area contributed by atoms with Crippen LogP contribution in [0.15, 0.2) is 22.7 Å². The van der Waals surface area contributed by atoms with Gasteiger partial charge in [0.05, 0.1) is 12.3 Å². The molecule has 0 spiro atoms. The molecule has 0 heterocycles. The third-order valence-electron chi connectivity index (χ3n) is 2.15. The number of nitrogens with two attached hydrogens (primary N) is 2. The number of benzene rings is 1. The largest absolute Gasteiger partial charge is 0.380 e. The molecular formula is C10H15BrN4O2. The van der Waals surface area contributed by atoms with Crippen LogP contribution in [0.1, 0.15) is 5.56 Å². The van der Waals surface area contributed by atoms with Crippen LogP contribution in [0.5, 0.6) is 0 Å². The highest BCUT2D eigenvalue weighted by molar-refractivity contribution is 9.10. The van der Waals surface area contributed by atoms with Gasteiger partial charge in [0, 0.05) is 24.2 Å². The molecule has 0 bridgehead atoms. The van der Waals surface area contributed by atoms with Crippen LogP contribution in [0.4, 0.5) is 10.5 Å². The molecule has 0 aliphatic rings. The lowest BCUT2D eigenvalue weighted by atomic mass is 10.2. The molecule has 1 rings (SSSR count). The van der Waals surface area contributed by atoms with E-state index in [2.05, 4.69) is 15.9 Å². The summed E-state index contributed by atoms with van der Waals surface area (Å²) in [5, 5.41) is 1.90. The maximum atomic E-state index is 11.7. The smallest absolute Gasteiger partial charge is 0.352 e. The lowest BCUT2D eigenvalue weighted by Gasteiger charge is -2.23. The number of rotatable bonds is 3. The average Bonchev–Trinajstić information content (AvgIpc) is 2.30. The first-order valence-corrected chi connectivity index (χ1v) is 5.62. The number of carbonyl (C=O) groups excluding carboxylic acids is 1. The average molecular weight is 303 g/mol. The second-order valence-electron chi connectivity index (χ2n) is 3.43. The van der Waals surface area contributed by atoms with E-state index in [1.165, 1.54) is 7.05 Å². The molecule has 0 aliphatic carbocycles. The second-order valence-corrected chi connectivity index (χ2v) is 4.29. The highest BCUT2D eigenvalue weighted by Crippen LogP contribution is 2.27. The van der Waals surface area contributed by atoms with Crippen LogP contribution >= 0.6 is 15.9 Å². The summed E-state index contributed by atoms with van der Waals surface area (Å²) in [5.41, 5.74) is 1.33. The van der Waals surface area contributed by atoms with Crippen molar-refractivity contribution in [3.05, 3.63) is 28.2 Å². The summed E-state index contributed by atoms with van der Waals surface area (Å²) in [4.78, 5) is 11.7. The fourth-order valence-electron chi connectivity index (χ4n) is 1.33. The molecule has 0 fully saturated rings. The fraction of sp³-hybridized carbons (Fsp3) is 0.300. The number of ether oxygens (including phenoxy) is 1. The van der Waals surface area contributed by atoms with Crippen molar-refractivity contribution in [3.8, 4) is 0 Å². The van der Waals surface area contributed by atoms with E-state index in [0.717, 1.165) is 20.1 Å². The molecule has 1 aromatic rings. The Balaban J connectivity index is 3.12. The SMILES string of the molecule is COCc1c(Br)cccc1N(N)C(=O)N(C)N. The number of amides is 2.